The first-order valence-corrected chi connectivity index (χ1v) is 4.01. The first kappa shape index (κ1) is 10.6. The smallest absolute Gasteiger partial charge is 0.323 e. The van der Waals surface area contributed by atoms with Crippen LogP contribution in [0, 0.1) is 5.82 Å². The fourth-order valence-corrected chi connectivity index (χ4v) is 1.07. The van der Waals surface area contributed by atoms with Crippen molar-refractivity contribution in [2.75, 3.05) is 0 Å². The van der Waals surface area contributed by atoms with E-state index in [4.69, 9.17) is 10.3 Å². The molecule has 0 amide bonds. The van der Waals surface area contributed by atoms with Crippen molar-refractivity contribution in [3.8, 4) is 0 Å². The molecule has 0 aliphatic rings. The van der Waals surface area contributed by atoms with Gasteiger partial charge < -0.3 is 10.3 Å². The molecule has 14 heavy (non-hydrogen) atoms. The molecular formula is C9H10FNO3. The monoisotopic (exact) mass is 199 g/mol. The van der Waals surface area contributed by atoms with E-state index in [1.54, 1.807) is 11.5 Å². The minimum absolute atomic E-state index is 0.0987. The summed E-state index contributed by atoms with van der Waals surface area (Å²) in [5.41, 5.74) is 1.86. The molecule has 0 saturated carbocycles. The highest BCUT2D eigenvalue weighted by molar-refractivity contribution is 5.73. The van der Waals surface area contributed by atoms with Crippen molar-refractivity contribution < 1.29 is 19.5 Å². The molecule has 5 heteroatoms. The van der Waals surface area contributed by atoms with Crippen LogP contribution in [-0.2, 0) is 11.2 Å². The van der Waals surface area contributed by atoms with Gasteiger partial charge in [-0.25, -0.2) is 4.39 Å². The Morgan fingerprint density at radius 3 is 2.64 bits per heavy atom. The highest BCUT2D eigenvalue weighted by Crippen LogP contribution is 2.08. The summed E-state index contributed by atoms with van der Waals surface area (Å²) in [4.78, 5) is 10.5. The number of hydrogen-bond donors (Lipinski definition) is 3. The predicted octanol–water partition coefficient (Wildman–Crippen LogP) is 0.800. The number of halogens is 1. The summed E-state index contributed by atoms with van der Waals surface area (Å²) in [5, 5.41) is 17.1. The Labute approximate surface area is 79.9 Å². The third-order valence-corrected chi connectivity index (χ3v) is 1.84. The lowest BCUT2D eigenvalue weighted by molar-refractivity contribution is -0.142. The number of hydroxylamine groups is 1. The summed E-state index contributed by atoms with van der Waals surface area (Å²) in [6.45, 7) is 0. The molecule has 0 spiro atoms. The highest BCUT2D eigenvalue weighted by atomic mass is 19.1. The van der Waals surface area contributed by atoms with Crippen LogP contribution >= 0.6 is 0 Å². The Morgan fingerprint density at radius 1 is 1.50 bits per heavy atom. The molecule has 3 N–H and O–H groups in total. The zero-order valence-electron chi connectivity index (χ0n) is 7.27. The van der Waals surface area contributed by atoms with Gasteiger partial charge in [-0.15, -0.1) is 0 Å². The molecule has 1 aromatic carbocycles. The molecule has 0 fully saturated rings. The molecule has 0 aliphatic heterocycles. The first-order chi connectivity index (χ1) is 6.65. The third-order valence-electron chi connectivity index (χ3n) is 1.84. The van der Waals surface area contributed by atoms with Gasteiger partial charge >= 0.3 is 5.97 Å². The van der Waals surface area contributed by atoms with E-state index in [2.05, 4.69) is 0 Å². The number of nitrogens with one attached hydrogen (secondary N) is 1. The van der Waals surface area contributed by atoms with Crippen LogP contribution in [0.1, 0.15) is 5.56 Å². The van der Waals surface area contributed by atoms with E-state index in [1.165, 1.54) is 18.2 Å². The van der Waals surface area contributed by atoms with Gasteiger partial charge in [0.15, 0.2) is 0 Å². The van der Waals surface area contributed by atoms with Gasteiger partial charge in [-0.05, 0) is 11.6 Å². The molecule has 1 aromatic rings. The molecule has 0 saturated heterocycles. The van der Waals surface area contributed by atoms with Crippen molar-refractivity contribution in [1.29, 1.82) is 0 Å². The lowest BCUT2D eigenvalue weighted by Gasteiger charge is -2.10. The second kappa shape index (κ2) is 4.69. The number of carboxylic acids is 1. The summed E-state index contributed by atoms with van der Waals surface area (Å²) >= 11 is 0. The van der Waals surface area contributed by atoms with Crippen molar-refractivity contribution in [3.63, 3.8) is 0 Å². The normalized spacial score (nSPS) is 12.4. The average molecular weight is 199 g/mol. The largest absolute Gasteiger partial charge is 0.480 e. The molecule has 0 aromatic heterocycles. The second-order valence-corrected chi connectivity index (χ2v) is 2.82. The molecule has 0 bridgehead atoms. The maximum absolute atomic E-state index is 13.0. The first-order valence-electron chi connectivity index (χ1n) is 4.01. The van der Waals surface area contributed by atoms with Gasteiger partial charge in [0.1, 0.15) is 11.9 Å². The van der Waals surface area contributed by atoms with E-state index in [0.29, 0.717) is 0 Å². The van der Waals surface area contributed by atoms with Crippen molar-refractivity contribution in [3.05, 3.63) is 35.6 Å². The Balaban J connectivity index is 2.77. The quantitative estimate of drug-likeness (QED) is 0.627. The van der Waals surface area contributed by atoms with E-state index in [9.17, 15) is 9.18 Å². The second-order valence-electron chi connectivity index (χ2n) is 2.82. The summed E-state index contributed by atoms with van der Waals surface area (Å²) in [5.74, 6) is -1.70. The maximum atomic E-state index is 13.0. The van der Waals surface area contributed by atoms with Gasteiger partial charge in [0.05, 0.1) is 0 Å². The van der Waals surface area contributed by atoms with Crippen molar-refractivity contribution >= 4 is 5.97 Å². The van der Waals surface area contributed by atoms with Gasteiger partial charge in [-0.2, -0.15) is 5.48 Å². The van der Waals surface area contributed by atoms with Crippen LogP contribution in [0.25, 0.3) is 0 Å². The Hall–Kier alpha value is -1.46. The minimum Gasteiger partial charge on any atom is -0.480 e. The number of rotatable bonds is 4. The molecule has 4 nitrogen and oxygen atoms in total. The summed E-state index contributed by atoms with van der Waals surface area (Å²) in [6, 6.07) is 4.65. The number of carbonyl (C=O) groups is 1. The Bertz CT molecular complexity index is 330. The molecule has 1 atom stereocenters. The highest BCUT2D eigenvalue weighted by Gasteiger charge is 2.17. The van der Waals surface area contributed by atoms with E-state index >= 15 is 0 Å². The van der Waals surface area contributed by atoms with Crippen molar-refractivity contribution in [1.82, 2.24) is 5.48 Å². The molecule has 1 rings (SSSR count). The lowest BCUT2D eigenvalue weighted by Crippen LogP contribution is -2.36. The zero-order valence-corrected chi connectivity index (χ0v) is 7.27. The Morgan fingerprint density at radius 2 is 2.14 bits per heavy atom. The number of aliphatic carboxylic acids is 1. The summed E-state index contributed by atoms with van der Waals surface area (Å²) in [6.07, 6.45) is -0.0987. The lowest BCUT2D eigenvalue weighted by atomic mass is 10.1. The van der Waals surface area contributed by atoms with Crippen LogP contribution in [0.15, 0.2) is 24.3 Å². The van der Waals surface area contributed by atoms with Gasteiger partial charge in [-0.3, -0.25) is 4.79 Å². The maximum Gasteiger partial charge on any atom is 0.323 e. The SMILES string of the molecule is O=C(O)[C@H](Cc1ccccc1F)NO. The molecular weight excluding hydrogens is 189 g/mol. The van der Waals surface area contributed by atoms with Crippen molar-refractivity contribution in [2.45, 2.75) is 12.5 Å². The average Bonchev–Trinajstić information content (AvgIpc) is 2.16. The zero-order chi connectivity index (χ0) is 10.6. The van der Waals surface area contributed by atoms with Crippen LogP contribution in [0.4, 0.5) is 4.39 Å². The third kappa shape index (κ3) is 2.51. The number of carboxylic acid groups (broad SMARTS) is 1. The molecule has 0 heterocycles. The molecule has 0 aliphatic carbocycles. The van der Waals surface area contributed by atoms with E-state index < -0.39 is 17.8 Å². The van der Waals surface area contributed by atoms with Gasteiger partial charge in [0, 0.05) is 6.42 Å². The standard InChI is InChI=1S/C9H10FNO3/c10-7-4-2-1-3-6(7)5-8(11-14)9(12)13/h1-4,8,11,14H,5H2,(H,12,13)/t8-/m0/s1. The van der Waals surface area contributed by atoms with Crippen LogP contribution in [-0.4, -0.2) is 22.3 Å². The topological polar surface area (TPSA) is 69.6 Å². The predicted molar refractivity (Wildman–Crippen MR) is 46.5 cm³/mol. The fraction of sp³-hybridized carbons (Fsp3) is 0.222. The van der Waals surface area contributed by atoms with Crippen molar-refractivity contribution in [2.24, 2.45) is 0 Å². The van der Waals surface area contributed by atoms with E-state index in [1.807, 2.05) is 0 Å². The molecule has 76 valence electrons. The van der Waals surface area contributed by atoms with Crippen LogP contribution in [0.2, 0.25) is 0 Å². The molecule has 0 radical (unpaired) electrons. The summed E-state index contributed by atoms with van der Waals surface area (Å²) in [7, 11) is 0. The van der Waals surface area contributed by atoms with Gasteiger partial charge in [-0.1, -0.05) is 18.2 Å². The van der Waals surface area contributed by atoms with Crippen LogP contribution < -0.4 is 5.48 Å². The van der Waals surface area contributed by atoms with Crippen LogP contribution in [0.3, 0.4) is 0 Å². The van der Waals surface area contributed by atoms with Gasteiger partial charge in [0.2, 0.25) is 0 Å². The minimum atomic E-state index is -1.23. The van der Waals surface area contributed by atoms with Gasteiger partial charge in [0.25, 0.3) is 0 Å². The van der Waals surface area contributed by atoms with E-state index in [-0.39, 0.29) is 12.0 Å². The fourth-order valence-electron chi connectivity index (χ4n) is 1.07. The number of benzene rings is 1. The number of hydrogen-bond acceptors (Lipinski definition) is 3. The van der Waals surface area contributed by atoms with E-state index in [0.717, 1.165) is 0 Å². The molecule has 0 unspecified atom stereocenters. The van der Waals surface area contributed by atoms with Crippen LogP contribution in [0.5, 0.6) is 0 Å². The Kier molecular flexibility index (Phi) is 3.55. The summed E-state index contributed by atoms with van der Waals surface area (Å²) < 4.78 is 13.0.